The van der Waals surface area contributed by atoms with E-state index in [0.29, 0.717) is 23.7 Å². The Morgan fingerprint density at radius 2 is 2.00 bits per heavy atom. The average molecular weight is 319 g/mol. The van der Waals surface area contributed by atoms with Crippen LogP contribution in [0.5, 0.6) is 0 Å². The van der Waals surface area contributed by atoms with Crippen molar-refractivity contribution in [3.8, 4) is 0 Å². The Balaban J connectivity index is 2.26. The molecule has 0 saturated carbocycles. The first-order valence-corrected chi connectivity index (χ1v) is 9.41. The summed E-state index contributed by atoms with van der Waals surface area (Å²) in [7, 11) is 0. The summed E-state index contributed by atoms with van der Waals surface area (Å²) in [4.78, 5) is 12.6. The summed E-state index contributed by atoms with van der Waals surface area (Å²) in [6, 6.07) is 0. The molecule has 0 aromatic carbocycles. The summed E-state index contributed by atoms with van der Waals surface area (Å²) >= 11 is 0. The molecule has 0 amide bonds. The molecule has 2 aliphatic rings. The monoisotopic (exact) mass is 318 g/mol. The zero-order chi connectivity index (χ0) is 17.2. The molecule has 0 aromatic heterocycles. The molecule has 0 aliphatic heterocycles. The van der Waals surface area contributed by atoms with E-state index in [1.165, 1.54) is 18.4 Å². The van der Waals surface area contributed by atoms with E-state index in [9.17, 15) is 4.79 Å². The Hall–Kier alpha value is -1.05. The van der Waals surface area contributed by atoms with E-state index in [2.05, 4.69) is 45.9 Å². The van der Waals surface area contributed by atoms with Crippen LogP contribution in [0.15, 0.2) is 23.8 Å². The number of carbonyl (C=O) groups excluding carboxylic acids is 1. The number of ether oxygens (including phenoxy) is 1. The number of hydrogen-bond donors (Lipinski definition) is 0. The smallest absolute Gasteiger partial charge is 0.311 e. The van der Waals surface area contributed by atoms with Gasteiger partial charge in [-0.1, -0.05) is 52.3 Å². The quantitative estimate of drug-likeness (QED) is 0.622. The molecule has 0 spiro atoms. The first kappa shape index (κ1) is 18.3. The fraction of sp³-hybridized carbons (Fsp3) is 0.762. The van der Waals surface area contributed by atoms with Crippen LogP contribution in [0, 0.1) is 29.1 Å². The van der Waals surface area contributed by atoms with Crippen LogP contribution < -0.4 is 0 Å². The van der Waals surface area contributed by atoms with Gasteiger partial charge < -0.3 is 4.74 Å². The number of carbonyl (C=O) groups is 1. The summed E-state index contributed by atoms with van der Waals surface area (Å²) in [6.45, 7) is 12.8. The number of allylic oxidation sites excluding steroid dienone is 3. The van der Waals surface area contributed by atoms with Crippen LogP contribution in [-0.2, 0) is 9.53 Å². The van der Waals surface area contributed by atoms with Gasteiger partial charge in [-0.05, 0) is 56.4 Å². The second-order valence-corrected chi connectivity index (χ2v) is 8.26. The molecule has 5 atom stereocenters. The molecule has 2 rings (SSSR count). The highest BCUT2D eigenvalue weighted by molar-refractivity contribution is 5.76. The van der Waals surface area contributed by atoms with Crippen LogP contribution in [0.4, 0.5) is 0 Å². The number of rotatable bonds is 5. The van der Waals surface area contributed by atoms with Crippen LogP contribution in [-0.4, -0.2) is 12.1 Å². The van der Waals surface area contributed by atoms with E-state index in [4.69, 9.17) is 4.74 Å². The standard InChI is InChI=1S/C21H34O2/c1-7-9-17-15(4)10-11-16-12-14(3)13-18(19(16)17)23-20(22)21(5,6)8-2/h10-12,14-15,17-19H,7-9,13H2,1-6H3/t14-,15-,17-,18?,19-/m0/s1. The highest BCUT2D eigenvalue weighted by Gasteiger charge is 2.42. The fourth-order valence-corrected chi connectivity index (χ4v) is 4.00. The van der Waals surface area contributed by atoms with Crippen LogP contribution in [0.2, 0.25) is 0 Å². The van der Waals surface area contributed by atoms with Gasteiger partial charge in [-0.2, -0.15) is 0 Å². The van der Waals surface area contributed by atoms with Gasteiger partial charge >= 0.3 is 5.97 Å². The molecule has 2 heteroatoms. The summed E-state index contributed by atoms with van der Waals surface area (Å²) in [5, 5.41) is 0. The third-order valence-electron chi connectivity index (χ3n) is 5.91. The first-order valence-electron chi connectivity index (χ1n) is 9.41. The van der Waals surface area contributed by atoms with Crippen LogP contribution in [0.25, 0.3) is 0 Å². The molecule has 0 N–H and O–H groups in total. The zero-order valence-corrected chi connectivity index (χ0v) is 15.8. The lowest BCUT2D eigenvalue weighted by molar-refractivity contribution is -0.164. The summed E-state index contributed by atoms with van der Waals surface area (Å²) < 4.78 is 6.10. The maximum atomic E-state index is 12.6. The summed E-state index contributed by atoms with van der Waals surface area (Å²) in [5.41, 5.74) is 1.01. The molecule has 0 fully saturated rings. The van der Waals surface area contributed by atoms with Crippen molar-refractivity contribution in [1.29, 1.82) is 0 Å². The van der Waals surface area contributed by atoms with Crippen LogP contribution in [0.1, 0.15) is 67.2 Å². The Morgan fingerprint density at radius 3 is 2.61 bits per heavy atom. The van der Waals surface area contributed by atoms with Gasteiger partial charge in [0.1, 0.15) is 6.10 Å². The maximum Gasteiger partial charge on any atom is 0.311 e. The molecule has 2 nitrogen and oxygen atoms in total. The Labute approximate surface area is 142 Å². The van der Waals surface area contributed by atoms with Crippen LogP contribution in [0.3, 0.4) is 0 Å². The predicted molar refractivity (Wildman–Crippen MR) is 96.0 cm³/mol. The van der Waals surface area contributed by atoms with Crippen molar-refractivity contribution in [3.63, 3.8) is 0 Å². The van der Waals surface area contributed by atoms with Crippen molar-refractivity contribution < 1.29 is 9.53 Å². The molecule has 130 valence electrons. The molecule has 0 saturated heterocycles. The van der Waals surface area contributed by atoms with Gasteiger partial charge in [0.2, 0.25) is 0 Å². The second-order valence-electron chi connectivity index (χ2n) is 8.26. The lowest BCUT2D eigenvalue weighted by atomic mass is 9.65. The normalized spacial score (nSPS) is 33.8. The van der Waals surface area contributed by atoms with Crippen molar-refractivity contribution in [2.45, 2.75) is 73.3 Å². The van der Waals surface area contributed by atoms with E-state index in [0.717, 1.165) is 12.8 Å². The van der Waals surface area contributed by atoms with Crippen molar-refractivity contribution in [2.24, 2.45) is 29.1 Å². The molecule has 0 aromatic rings. The van der Waals surface area contributed by atoms with Crippen molar-refractivity contribution in [2.75, 3.05) is 0 Å². The van der Waals surface area contributed by atoms with Crippen molar-refractivity contribution in [3.05, 3.63) is 23.8 Å². The molecular formula is C21H34O2. The highest BCUT2D eigenvalue weighted by atomic mass is 16.5. The molecule has 0 heterocycles. The van der Waals surface area contributed by atoms with Crippen LogP contribution >= 0.6 is 0 Å². The maximum absolute atomic E-state index is 12.6. The zero-order valence-electron chi connectivity index (χ0n) is 15.8. The lowest BCUT2D eigenvalue weighted by Crippen LogP contribution is -2.42. The van der Waals surface area contributed by atoms with Crippen molar-refractivity contribution in [1.82, 2.24) is 0 Å². The minimum absolute atomic E-state index is 0.0316. The fourth-order valence-electron chi connectivity index (χ4n) is 4.00. The predicted octanol–water partition coefficient (Wildman–Crippen LogP) is 5.54. The van der Waals surface area contributed by atoms with E-state index in [-0.39, 0.29) is 17.5 Å². The molecule has 0 bridgehead atoms. The molecule has 0 radical (unpaired) electrons. The van der Waals surface area contributed by atoms with Gasteiger partial charge in [0.05, 0.1) is 5.41 Å². The Morgan fingerprint density at radius 1 is 1.30 bits per heavy atom. The van der Waals surface area contributed by atoms with E-state index in [1.54, 1.807) is 0 Å². The van der Waals surface area contributed by atoms with Gasteiger partial charge in [0.15, 0.2) is 0 Å². The second kappa shape index (κ2) is 7.23. The average Bonchev–Trinajstić information content (AvgIpc) is 2.50. The molecular weight excluding hydrogens is 284 g/mol. The SMILES string of the molecule is CCC[C@@H]1[C@@H]2C(=C[C@H](C)CC2OC(=O)C(C)(C)CC)C=C[C@@H]1C. The largest absolute Gasteiger partial charge is 0.461 e. The van der Waals surface area contributed by atoms with E-state index < -0.39 is 0 Å². The highest BCUT2D eigenvalue weighted by Crippen LogP contribution is 2.45. The van der Waals surface area contributed by atoms with Gasteiger partial charge in [0, 0.05) is 5.92 Å². The minimum Gasteiger partial charge on any atom is -0.461 e. The van der Waals surface area contributed by atoms with Gasteiger partial charge in [-0.3, -0.25) is 4.79 Å². The molecule has 23 heavy (non-hydrogen) atoms. The number of fused-ring (bicyclic) bond motifs is 1. The van der Waals surface area contributed by atoms with E-state index in [1.807, 2.05) is 13.8 Å². The first-order chi connectivity index (χ1) is 10.8. The van der Waals surface area contributed by atoms with Gasteiger partial charge in [-0.25, -0.2) is 0 Å². The third-order valence-corrected chi connectivity index (χ3v) is 5.91. The third kappa shape index (κ3) is 3.89. The number of esters is 1. The Kier molecular flexibility index (Phi) is 5.75. The van der Waals surface area contributed by atoms with Gasteiger partial charge in [0.25, 0.3) is 0 Å². The summed E-state index contributed by atoms with van der Waals surface area (Å²) in [5.74, 6) is 1.97. The van der Waals surface area contributed by atoms with E-state index >= 15 is 0 Å². The minimum atomic E-state index is -0.388. The van der Waals surface area contributed by atoms with Crippen molar-refractivity contribution >= 4 is 5.97 Å². The lowest BCUT2D eigenvalue weighted by Gasteiger charge is -2.43. The topological polar surface area (TPSA) is 26.3 Å². The Bertz CT molecular complexity index is 486. The number of hydrogen-bond acceptors (Lipinski definition) is 2. The summed E-state index contributed by atoms with van der Waals surface area (Å²) in [6.07, 6.45) is 11.2. The molecule has 2 aliphatic carbocycles. The van der Waals surface area contributed by atoms with Gasteiger partial charge in [-0.15, -0.1) is 0 Å². The molecule has 1 unspecified atom stereocenters.